The van der Waals surface area contributed by atoms with Crippen molar-refractivity contribution in [1.29, 1.82) is 0 Å². The normalized spacial score (nSPS) is 10.5. The van der Waals surface area contributed by atoms with Crippen molar-refractivity contribution in [3.8, 4) is 34.2 Å². The Morgan fingerprint density at radius 1 is 1.04 bits per heavy atom. The Labute approximate surface area is 133 Å². The summed E-state index contributed by atoms with van der Waals surface area (Å²) in [5.41, 5.74) is 2.43. The quantitative estimate of drug-likeness (QED) is 0.754. The van der Waals surface area contributed by atoms with Crippen LogP contribution in [0.25, 0.3) is 22.6 Å². The summed E-state index contributed by atoms with van der Waals surface area (Å²) >= 11 is 0. The van der Waals surface area contributed by atoms with Crippen molar-refractivity contribution in [2.45, 2.75) is 0 Å². The molecule has 0 unspecified atom stereocenters. The van der Waals surface area contributed by atoms with E-state index in [9.17, 15) is 0 Å². The molecule has 3 rings (SSSR count). The highest BCUT2D eigenvalue weighted by molar-refractivity contribution is 5.76. The maximum atomic E-state index is 8.77. The molecule has 0 aliphatic carbocycles. The maximum absolute atomic E-state index is 8.77. The third kappa shape index (κ3) is 3.32. The molecule has 3 aromatic rings. The van der Waals surface area contributed by atoms with Gasteiger partial charge in [0, 0.05) is 23.4 Å². The number of ether oxygens (including phenoxy) is 2. The summed E-state index contributed by atoms with van der Waals surface area (Å²) in [7, 11) is 1.57. The van der Waals surface area contributed by atoms with Gasteiger partial charge in [0.15, 0.2) is 12.2 Å². The van der Waals surface area contributed by atoms with E-state index in [0.717, 1.165) is 11.1 Å². The number of hydrogen-bond donors (Lipinski definition) is 1. The van der Waals surface area contributed by atoms with Gasteiger partial charge in [-0.3, -0.25) is 0 Å². The molecule has 0 aliphatic rings. The van der Waals surface area contributed by atoms with Crippen LogP contribution in [-0.4, -0.2) is 35.4 Å². The molecule has 6 nitrogen and oxygen atoms in total. The largest absolute Gasteiger partial charge is 0.491 e. The Bertz CT molecular complexity index is 751. The van der Waals surface area contributed by atoms with Gasteiger partial charge >= 0.3 is 0 Å². The van der Waals surface area contributed by atoms with Gasteiger partial charge in [0.25, 0.3) is 0 Å². The van der Waals surface area contributed by atoms with Crippen molar-refractivity contribution in [3.05, 3.63) is 49.0 Å². The van der Waals surface area contributed by atoms with Crippen LogP contribution in [0.15, 0.2) is 53.4 Å². The summed E-state index contributed by atoms with van der Waals surface area (Å²) in [4.78, 5) is 8.47. The van der Waals surface area contributed by atoms with Crippen LogP contribution in [0.1, 0.15) is 0 Å². The van der Waals surface area contributed by atoms with E-state index >= 15 is 0 Å². The minimum Gasteiger partial charge on any atom is -0.491 e. The van der Waals surface area contributed by atoms with Crippen LogP contribution in [0.3, 0.4) is 0 Å². The Kier molecular flexibility index (Phi) is 4.54. The molecule has 1 N–H and O–H groups in total. The van der Waals surface area contributed by atoms with Gasteiger partial charge in [0.05, 0.1) is 13.7 Å². The highest BCUT2D eigenvalue weighted by atomic mass is 16.5. The van der Waals surface area contributed by atoms with Gasteiger partial charge < -0.3 is 19.0 Å². The lowest BCUT2D eigenvalue weighted by Gasteiger charge is -2.06. The topological polar surface area (TPSA) is 77.6 Å². The predicted octanol–water partition coefficient (Wildman–Crippen LogP) is 2.78. The number of methoxy groups -OCH3 is 1. The van der Waals surface area contributed by atoms with Gasteiger partial charge in [-0.1, -0.05) is 0 Å². The number of nitrogens with zero attached hydrogens (tertiary/aromatic N) is 2. The van der Waals surface area contributed by atoms with Crippen molar-refractivity contribution >= 4 is 0 Å². The SMILES string of the molecule is COc1ccc(-c2ncoc2-c2ccc(OCCO)cc2)cn1. The molecule has 2 aromatic heterocycles. The average Bonchev–Trinajstić information content (AvgIpc) is 3.10. The average molecular weight is 312 g/mol. The molecule has 0 saturated heterocycles. The predicted molar refractivity (Wildman–Crippen MR) is 84.3 cm³/mol. The van der Waals surface area contributed by atoms with Crippen LogP contribution in [0.5, 0.6) is 11.6 Å². The van der Waals surface area contributed by atoms with Crippen molar-refractivity contribution in [3.63, 3.8) is 0 Å². The lowest BCUT2D eigenvalue weighted by molar-refractivity contribution is 0.201. The summed E-state index contributed by atoms with van der Waals surface area (Å²) < 4.78 is 15.9. The second-order valence-electron chi connectivity index (χ2n) is 4.72. The third-order valence-corrected chi connectivity index (χ3v) is 3.26. The van der Waals surface area contributed by atoms with Crippen LogP contribution in [-0.2, 0) is 0 Å². The second kappa shape index (κ2) is 6.93. The fourth-order valence-electron chi connectivity index (χ4n) is 2.16. The first-order chi connectivity index (χ1) is 11.3. The lowest BCUT2D eigenvalue weighted by Crippen LogP contribution is -2.01. The molecule has 1 aromatic carbocycles. The third-order valence-electron chi connectivity index (χ3n) is 3.26. The molecule has 2 heterocycles. The van der Waals surface area contributed by atoms with Gasteiger partial charge in [-0.2, -0.15) is 0 Å². The van der Waals surface area contributed by atoms with Gasteiger partial charge in [0.2, 0.25) is 5.88 Å². The fraction of sp³-hybridized carbons (Fsp3) is 0.176. The Hall–Kier alpha value is -2.86. The van der Waals surface area contributed by atoms with Crippen molar-refractivity contribution in [2.75, 3.05) is 20.3 Å². The van der Waals surface area contributed by atoms with Crippen LogP contribution >= 0.6 is 0 Å². The van der Waals surface area contributed by atoms with Gasteiger partial charge in [-0.15, -0.1) is 0 Å². The first-order valence-electron chi connectivity index (χ1n) is 7.10. The summed E-state index contributed by atoms with van der Waals surface area (Å²) in [6.45, 7) is 0.253. The Morgan fingerprint density at radius 3 is 2.48 bits per heavy atom. The summed E-state index contributed by atoms with van der Waals surface area (Å²) in [5.74, 6) is 1.89. The molecule has 0 bridgehead atoms. The standard InChI is InChI=1S/C17H16N2O4/c1-21-15-7-4-13(10-18-15)16-17(23-11-19-16)12-2-5-14(6-3-12)22-9-8-20/h2-7,10-11,20H,8-9H2,1H3. The molecule has 0 atom stereocenters. The molecule has 0 fully saturated rings. The first-order valence-corrected chi connectivity index (χ1v) is 7.10. The number of rotatable bonds is 6. The number of aromatic nitrogens is 2. The molecule has 0 aliphatic heterocycles. The second-order valence-corrected chi connectivity index (χ2v) is 4.72. The van der Waals surface area contributed by atoms with E-state index in [0.29, 0.717) is 23.1 Å². The zero-order valence-corrected chi connectivity index (χ0v) is 12.6. The van der Waals surface area contributed by atoms with Crippen molar-refractivity contribution < 1.29 is 19.0 Å². The molecule has 0 amide bonds. The molecular formula is C17H16N2O4. The van der Waals surface area contributed by atoms with E-state index < -0.39 is 0 Å². The van der Waals surface area contributed by atoms with E-state index in [1.165, 1.54) is 6.39 Å². The Morgan fingerprint density at radius 2 is 1.83 bits per heavy atom. The number of benzene rings is 1. The van der Waals surface area contributed by atoms with E-state index in [4.69, 9.17) is 19.0 Å². The maximum Gasteiger partial charge on any atom is 0.212 e. The van der Waals surface area contributed by atoms with Gasteiger partial charge in [-0.25, -0.2) is 9.97 Å². The van der Waals surface area contributed by atoms with Crippen molar-refractivity contribution in [1.82, 2.24) is 9.97 Å². The molecular weight excluding hydrogens is 296 g/mol. The van der Waals surface area contributed by atoms with Crippen LogP contribution in [0.4, 0.5) is 0 Å². The Balaban J connectivity index is 1.87. The number of oxazole rings is 1. The van der Waals surface area contributed by atoms with E-state index in [1.807, 2.05) is 30.3 Å². The molecule has 6 heteroatoms. The monoisotopic (exact) mass is 312 g/mol. The molecule has 118 valence electrons. The summed E-state index contributed by atoms with van der Waals surface area (Å²) in [6.07, 6.45) is 3.10. The zero-order chi connectivity index (χ0) is 16.1. The highest BCUT2D eigenvalue weighted by Gasteiger charge is 2.13. The molecule has 0 saturated carbocycles. The van der Waals surface area contributed by atoms with E-state index in [1.54, 1.807) is 19.4 Å². The molecule has 0 radical (unpaired) electrons. The van der Waals surface area contributed by atoms with Crippen molar-refractivity contribution in [2.24, 2.45) is 0 Å². The molecule has 0 spiro atoms. The summed E-state index contributed by atoms with van der Waals surface area (Å²) in [6, 6.07) is 11.1. The van der Waals surface area contributed by atoms with E-state index in [-0.39, 0.29) is 13.2 Å². The highest BCUT2D eigenvalue weighted by Crippen LogP contribution is 2.32. The lowest BCUT2D eigenvalue weighted by atomic mass is 10.1. The van der Waals surface area contributed by atoms with Crippen LogP contribution in [0.2, 0.25) is 0 Å². The van der Waals surface area contributed by atoms with Crippen LogP contribution < -0.4 is 9.47 Å². The minimum absolute atomic E-state index is 0.0154. The van der Waals surface area contributed by atoms with E-state index in [2.05, 4.69) is 9.97 Å². The zero-order valence-electron chi connectivity index (χ0n) is 12.6. The number of aliphatic hydroxyl groups is 1. The van der Waals surface area contributed by atoms with Gasteiger partial charge in [0.1, 0.15) is 18.1 Å². The first kappa shape index (κ1) is 15.1. The number of hydrogen-bond acceptors (Lipinski definition) is 6. The molecule has 23 heavy (non-hydrogen) atoms. The fourth-order valence-corrected chi connectivity index (χ4v) is 2.16. The van der Waals surface area contributed by atoms with Crippen LogP contribution in [0, 0.1) is 0 Å². The number of pyridine rings is 1. The summed E-state index contributed by atoms with van der Waals surface area (Å²) in [5, 5.41) is 8.77. The minimum atomic E-state index is -0.0154. The smallest absolute Gasteiger partial charge is 0.212 e. The number of aliphatic hydroxyl groups excluding tert-OH is 1. The van der Waals surface area contributed by atoms with Gasteiger partial charge in [-0.05, 0) is 30.3 Å².